The summed E-state index contributed by atoms with van der Waals surface area (Å²) in [5, 5.41) is 2.83. The van der Waals surface area contributed by atoms with Gasteiger partial charge in [-0.3, -0.25) is 14.5 Å². The van der Waals surface area contributed by atoms with Gasteiger partial charge < -0.3 is 15.8 Å². The second-order valence-electron chi connectivity index (χ2n) is 6.12. The van der Waals surface area contributed by atoms with Crippen LogP contribution in [0.4, 0.5) is 4.39 Å². The van der Waals surface area contributed by atoms with Crippen molar-refractivity contribution in [3.8, 4) is 5.75 Å². The van der Waals surface area contributed by atoms with Crippen LogP contribution in [-0.4, -0.2) is 36.4 Å². The zero-order chi connectivity index (χ0) is 18.5. The molecule has 1 heterocycles. The molecule has 0 spiro atoms. The summed E-state index contributed by atoms with van der Waals surface area (Å²) >= 11 is 0. The van der Waals surface area contributed by atoms with E-state index >= 15 is 0 Å². The van der Waals surface area contributed by atoms with Gasteiger partial charge >= 0.3 is 0 Å². The topological polar surface area (TPSA) is 84.7 Å². The Labute approximate surface area is 150 Å². The van der Waals surface area contributed by atoms with E-state index in [1.54, 1.807) is 24.3 Å². The third-order valence-corrected chi connectivity index (χ3v) is 4.14. The van der Waals surface area contributed by atoms with Gasteiger partial charge in [-0.1, -0.05) is 24.3 Å². The molecule has 7 heteroatoms. The van der Waals surface area contributed by atoms with E-state index < -0.39 is 11.9 Å². The Morgan fingerprint density at radius 2 is 2.08 bits per heavy atom. The first-order chi connectivity index (χ1) is 12.5. The second-order valence-corrected chi connectivity index (χ2v) is 6.12. The predicted octanol–water partition coefficient (Wildman–Crippen LogP) is 1.36. The molecule has 1 fully saturated rings. The highest BCUT2D eigenvalue weighted by molar-refractivity contribution is 5.83. The molecule has 1 saturated heterocycles. The number of nitrogens with one attached hydrogen (secondary N) is 1. The van der Waals surface area contributed by atoms with Crippen molar-refractivity contribution in [3.63, 3.8) is 0 Å². The Balaban J connectivity index is 1.79. The Morgan fingerprint density at radius 3 is 2.85 bits per heavy atom. The molecule has 1 atom stereocenters. The van der Waals surface area contributed by atoms with Crippen LogP contribution >= 0.6 is 0 Å². The van der Waals surface area contributed by atoms with Gasteiger partial charge in [0.1, 0.15) is 17.6 Å². The maximum absolute atomic E-state index is 13.6. The van der Waals surface area contributed by atoms with Gasteiger partial charge in [0.2, 0.25) is 5.91 Å². The number of piperazine rings is 1. The molecule has 0 aromatic heterocycles. The van der Waals surface area contributed by atoms with E-state index in [-0.39, 0.29) is 18.3 Å². The summed E-state index contributed by atoms with van der Waals surface area (Å²) in [5.74, 6) is -0.537. The Morgan fingerprint density at radius 1 is 1.27 bits per heavy atom. The number of ether oxygens (including phenoxy) is 1. The molecular weight excluding hydrogens is 337 g/mol. The van der Waals surface area contributed by atoms with Gasteiger partial charge in [0.05, 0.1) is 0 Å². The van der Waals surface area contributed by atoms with Crippen LogP contribution < -0.4 is 15.8 Å². The average molecular weight is 357 g/mol. The molecule has 3 rings (SSSR count). The number of primary amides is 1. The van der Waals surface area contributed by atoms with E-state index in [0.29, 0.717) is 30.9 Å². The summed E-state index contributed by atoms with van der Waals surface area (Å²) in [4.78, 5) is 25.2. The van der Waals surface area contributed by atoms with Crippen LogP contribution in [0.1, 0.15) is 17.2 Å². The Bertz CT molecular complexity index is 812. The van der Waals surface area contributed by atoms with E-state index in [9.17, 15) is 14.0 Å². The predicted molar refractivity (Wildman–Crippen MR) is 93.7 cm³/mol. The summed E-state index contributed by atoms with van der Waals surface area (Å²) in [6.07, 6.45) is 0. The number of carbonyl (C=O) groups excluding carboxylic acids is 2. The number of amides is 2. The highest BCUT2D eigenvalue weighted by Gasteiger charge is 2.31. The number of carbonyl (C=O) groups is 2. The first kappa shape index (κ1) is 17.9. The fraction of sp³-hybridized carbons (Fsp3) is 0.263. The Kier molecular flexibility index (Phi) is 5.48. The van der Waals surface area contributed by atoms with Gasteiger partial charge in [-0.2, -0.15) is 0 Å². The lowest BCUT2D eigenvalue weighted by molar-refractivity contribution is -0.129. The van der Waals surface area contributed by atoms with E-state index in [1.807, 2.05) is 17.0 Å². The average Bonchev–Trinajstić information content (AvgIpc) is 2.60. The third kappa shape index (κ3) is 4.37. The summed E-state index contributed by atoms with van der Waals surface area (Å²) in [6.45, 7) is 1.46. The number of rotatable bonds is 6. The van der Waals surface area contributed by atoms with E-state index in [0.717, 1.165) is 5.56 Å². The highest BCUT2D eigenvalue weighted by atomic mass is 19.1. The van der Waals surface area contributed by atoms with Crippen LogP contribution in [0, 0.1) is 5.82 Å². The van der Waals surface area contributed by atoms with Crippen LogP contribution in [-0.2, 0) is 16.1 Å². The van der Waals surface area contributed by atoms with Crippen LogP contribution in [0.2, 0.25) is 0 Å². The zero-order valence-electron chi connectivity index (χ0n) is 14.2. The fourth-order valence-electron chi connectivity index (χ4n) is 3.05. The maximum atomic E-state index is 13.6. The van der Waals surface area contributed by atoms with Crippen molar-refractivity contribution >= 4 is 11.8 Å². The lowest BCUT2D eigenvalue weighted by Crippen LogP contribution is -2.49. The first-order valence-electron chi connectivity index (χ1n) is 8.30. The van der Waals surface area contributed by atoms with Crippen LogP contribution in [0.25, 0.3) is 0 Å². The van der Waals surface area contributed by atoms with Gasteiger partial charge in [-0.15, -0.1) is 0 Å². The molecule has 1 aliphatic rings. The molecule has 6 nitrogen and oxygen atoms in total. The normalized spacial score (nSPS) is 17.6. The standard InChI is InChI=1S/C19H20FN3O3/c20-15-5-2-4-14(10-15)18-19(25)22-7-8-23(18)11-13-3-1-6-16(9-13)26-12-17(21)24/h1-6,9-10,18H,7-8,11-12H2,(H2,21,24)(H,22,25). The van der Waals surface area contributed by atoms with Crippen molar-refractivity contribution < 1.29 is 18.7 Å². The largest absolute Gasteiger partial charge is 0.484 e. The van der Waals surface area contributed by atoms with Crippen molar-refractivity contribution in [3.05, 3.63) is 65.5 Å². The number of hydrogen-bond acceptors (Lipinski definition) is 4. The maximum Gasteiger partial charge on any atom is 0.255 e. The monoisotopic (exact) mass is 357 g/mol. The molecule has 26 heavy (non-hydrogen) atoms. The van der Waals surface area contributed by atoms with Crippen LogP contribution in [0.15, 0.2) is 48.5 Å². The van der Waals surface area contributed by atoms with Crippen LogP contribution in [0.5, 0.6) is 5.75 Å². The van der Waals surface area contributed by atoms with Crippen molar-refractivity contribution in [1.82, 2.24) is 10.2 Å². The zero-order valence-corrected chi connectivity index (χ0v) is 14.2. The molecule has 2 aromatic rings. The van der Waals surface area contributed by atoms with Crippen molar-refractivity contribution in [2.24, 2.45) is 5.73 Å². The smallest absolute Gasteiger partial charge is 0.255 e. The minimum absolute atomic E-state index is 0.150. The SMILES string of the molecule is NC(=O)COc1cccc(CN2CCNC(=O)C2c2cccc(F)c2)c1. The number of nitrogens with zero attached hydrogens (tertiary/aromatic N) is 1. The molecule has 0 radical (unpaired) electrons. The highest BCUT2D eigenvalue weighted by Crippen LogP contribution is 2.26. The molecule has 3 N–H and O–H groups in total. The molecular formula is C19H20FN3O3. The lowest BCUT2D eigenvalue weighted by atomic mass is 10.0. The van der Waals surface area contributed by atoms with Crippen molar-refractivity contribution in [2.45, 2.75) is 12.6 Å². The van der Waals surface area contributed by atoms with Gasteiger partial charge in [0.15, 0.2) is 6.61 Å². The number of hydrogen-bond donors (Lipinski definition) is 2. The fourth-order valence-corrected chi connectivity index (χ4v) is 3.05. The summed E-state index contributed by atoms with van der Waals surface area (Å²) in [5.41, 5.74) is 6.62. The van der Waals surface area contributed by atoms with Crippen LogP contribution in [0.3, 0.4) is 0 Å². The summed E-state index contributed by atoms with van der Waals surface area (Å²) in [6, 6.07) is 12.8. The third-order valence-electron chi connectivity index (χ3n) is 4.14. The van der Waals surface area contributed by atoms with Crippen molar-refractivity contribution in [2.75, 3.05) is 19.7 Å². The minimum Gasteiger partial charge on any atom is -0.484 e. The number of nitrogens with two attached hydrogens (primary N) is 1. The van der Waals surface area contributed by atoms with E-state index in [2.05, 4.69) is 5.32 Å². The molecule has 136 valence electrons. The quantitative estimate of drug-likeness (QED) is 0.818. The van der Waals surface area contributed by atoms with E-state index in [1.165, 1.54) is 12.1 Å². The molecule has 0 bridgehead atoms. The summed E-state index contributed by atoms with van der Waals surface area (Å²) in [7, 11) is 0. The molecule has 1 unspecified atom stereocenters. The molecule has 2 aromatic carbocycles. The van der Waals surface area contributed by atoms with Gasteiger partial charge in [0.25, 0.3) is 5.91 Å². The summed E-state index contributed by atoms with van der Waals surface area (Å²) < 4.78 is 18.9. The molecule has 1 aliphatic heterocycles. The second kappa shape index (κ2) is 7.97. The number of halogens is 1. The number of benzene rings is 2. The molecule has 0 aliphatic carbocycles. The molecule has 2 amide bonds. The minimum atomic E-state index is -0.561. The van der Waals surface area contributed by atoms with Gasteiger partial charge in [-0.05, 0) is 35.4 Å². The Hall–Kier alpha value is -2.93. The first-order valence-corrected chi connectivity index (χ1v) is 8.30. The van der Waals surface area contributed by atoms with E-state index in [4.69, 9.17) is 10.5 Å². The molecule has 0 saturated carbocycles. The van der Waals surface area contributed by atoms with Crippen molar-refractivity contribution in [1.29, 1.82) is 0 Å². The van der Waals surface area contributed by atoms with Gasteiger partial charge in [-0.25, -0.2) is 4.39 Å². The lowest BCUT2D eigenvalue weighted by Gasteiger charge is -2.35. The van der Waals surface area contributed by atoms with Gasteiger partial charge in [0, 0.05) is 19.6 Å².